The molecule has 1 aromatic rings. The van der Waals surface area contributed by atoms with Crippen LogP contribution in [0.3, 0.4) is 0 Å². The zero-order chi connectivity index (χ0) is 18.4. The van der Waals surface area contributed by atoms with Crippen molar-refractivity contribution in [1.82, 2.24) is 5.32 Å². The van der Waals surface area contributed by atoms with Crippen LogP contribution in [0.15, 0.2) is 18.2 Å². The van der Waals surface area contributed by atoms with Gasteiger partial charge in [-0.2, -0.15) is 0 Å². The fourth-order valence-electron chi connectivity index (χ4n) is 2.99. The summed E-state index contributed by atoms with van der Waals surface area (Å²) in [6.07, 6.45) is 3.74. The lowest BCUT2D eigenvalue weighted by atomic mass is 10.1. The third-order valence-electron chi connectivity index (χ3n) is 4.36. The van der Waals surface area contributed by atoms with Crippen LogP contribution in [0.4, 0.5) is 4.39 Å². The molecule has 0 bridgehead atoms. The summed E-state index contributed by atoms with van der Waals surface area (Å²) < 4.78 is 24.5. The number of hydrogen-bond acceptors (Lipinski definition) is 4. The van der Waals surface area contributed by atoms with Crippen molar-refractivity contribution in [2.75, 3.05) is 7.11 Å². The van der Waals surface area contributed by atoms with Gasteiger partial charge in [-0.15, -0.1) is 0 Å². The number of carboxylic acid groups (broad SMARTS) is 1. The highest BCUT2D eigenvalue weighted by Crippen LogP contribution is 2.25. The Hall–Kier alpha value is -2.15. The zero-order valence-electron chi connectivity index (χ0n) is 14.5. The molecule has 2 atom stereocenters. The van der Waals surface area contributed by atoms with E-state index in [9.17, 15) is 19.1 Å². The lowest BCUT2D eigenvalue weighted by Crippen LogP contribution is -2.42. The van der Waals surface area contributed by atoms with Crippen LogP contribution in [0, 0.1) is 5.82 Å². The van der Waals surface area contributed by atoms with Gasteiger partial charge in [-0.05, 0) is 37.0 Å². The average molecular weight is 353 g/mol. The van der Waals surface area contributed by atoms with Gasteiger partial charge in [0.25, 0.3) is 0 Å². The maximum absolute atomic E-state index is 13.9. The normalized spacial score (nSPS) is 17.1. The van der Waals surface area contributed by atoms with E-state index in [1.807, 2.05) is 6.92 Å². The standard InChI is InChI=1S/C18H24FNO5/c1-3-14(25-12-6-4-5-7-12)17(21)20-16(18(22)23)11-8-9-15(24-2)13(19)10-11/h8-10,12,14,16H,3-7H2,1-2H3,(H,20,21)(H,22,23). The molecule has 1 aliphatic rings. The van der Waals surface area contributed by atoms with Crippen molar-refractivity contribution in [3.05, 3.63) is 29.6 Å². The lowest BCUT2D eigenvalue weighted by Gasteiger charge is -2.23. The largest absolute Gasteiger partial charge is 0.494 e. The van der Waals surface area contributed by atoms with E-state index in [-0.39, 0.29) is 17.4 Å². The van der Waals surface area contributed by atoms with E-state index in [4.69, 9.17) is 9.47 Å². The predicted molar refractivity (Wildman–Crippen MR) is 88.9 cm³/mol. The van der Waals surface area contributed by atoms with Crippen LogP contribution in [0.1, 0.15) is 50.6 Å². The summed E-state index contributed by atoms with van der Waals surface area (Å²) in [5.41, 5.74) is 0.134. The van der Waals surface area contributed by atoms with Gasteiger partial charge >= 0.3 is 5.97 Å². The number of carbonyl (C=O) groups excluding carboxylic acids is 1. The van der Waals surface area contributed by atoms with Crippen LogP contribution in [0.25, 0.3) is 0 Å². The first kappa shape index (κ1) is 19.2. The van der Waals surface area contributed by atoms with E-state index in [1.54, 1.807) is 0 Å². The van der Waals surface area contributed by atoms with Gasteiger partial charge in [-0.3, -0.25) is 4.79 Å². The third-order valence-corrected chi connectivity index (χ3v) is 4.36. The third kappa shape index (κ3) is 4.92. The number of carboxylic acids is 1. The molecule has 1 aromatic carbocycles. The Morgan fingerprint density at radius 2 is 2.04 bits per heavy atom. The molecule has 6 nitrogen and oxygen atoms in total. The summed E-state index contributed by atoms with van der Waals surface area (Å²) in [5, 5.41) is 11.9. The minimum absolute atomic E-state index is 0.00946. The van der Waals surface area contributed by atoms with E-state index in [1.165, 1.54) is 19.2 Å². The van der Waals surface area contributed by atoms with E-state index < -0.39 is 29.8 Å². The number of rotatable bonds is 8. The molecule has 1 fully saturated rings. The molecule has 0 aliphatic heterocycles. The van der Waals surface area contributed by atoms with Gasteiger partial charge in [0.1, 0.15) is 6.10 Å². The average Bonchev–Trinajstić information content (AvgIpc) is 3.10. The maximum Gasteiger partial charge on any atom is 0.330 e. The number of benzene rings is 1. The number of halogens is 1. The van der Waals surface area contributed by atoms with Crippen LogP contribution in [0.5, 0.6) is 5.75 Å². The van der Waals surface area contributed by atoms with E-state index >= 15 is 0 Å². The quantitative estimate of drug-likeness (QED) is 0.751. The Morgan fingerprint density at radius 3 is 2.56 bits per heavy atom. The highest BCUT2D eigenvalue weighted by atomic mass is 19.1. The fraction of sp³-hybridized carbons (Fsp3) is 0.556. The van der Waals surface area contributed by atoms with Crippen molar-refractivity contribution >= 4 is 11.9 Å². The molecule has 138 valence electrons. The second-order valence-electron chi connectivity index (χ2n) is 6.11. The number of aliphatic carboxylic acids is 1. The van der Waals surface area contributed by atoms with Crippen LogP contribution < -0.4 is 10.1 Å². The first-order valence-electron chi connectivity index (χ1n) is 8.48. The fourth-order valence-corrected chi connectivity index (χ4v) is 2.99. The van der Waals surface area contributed by atoms with Gasteiger partial charge < -0.3 is 19.9 Å². The molecule has 0 spiro atoms. The Labute approximate surface area is 146 Å². The zero-order valence-corrected chi connectivity index (χ0v) is 14.5. The molecule has 0 heterocycles. The molecule has 1 amide bonds. The Morgan fingerprint density at radius 1 is 1.36 bits per heavy atom. The maximum atomic E-state index is 13.9. The molecule has 1 saturated carbocycles. The summed E-state index contributed by atoms with van der Waals surface area (Å²) in [6, 6.07) is 2.45. The molecule has 0 saturated heterocycles. The summed E-state index contributed by atoms with van der Waals surface area (Å²) >= 11 is 0. The second kappa shape index (κ2) is 8.80. The van der Waals surface area contributed by atoms with Gasteiger partial charge in [0.15, 0.2) is 17.6 Å². The summed E-state index contributed by atoms with van der Waals surface area (Å²) in [7, 11) is 1.32. The van der Waals surface area contributed by atoms with Crippen molar-refractivity contribution in [2.45, 2.75) is 57.3 Å². The minimum Gasteiger partial charge on any atom is -0.494 e. The monoisotopic (exact) mass is 353 g/mol. The molecule has 2 N–H and O–H groups in total. The molecule has 0 aromatic heterocycles. The summed E-state index contributed by atoms with van der Waals surface area (Å²) in [6.45, 7) is 1.81. The SMILES string of the molecule is CCC(OC1CCCC1)C(=O)NC(C(=O)O)c1ccc(OC)c(F)c1. The Kier molecular flexibility index (Phi) is 6.75. The molecule has 7 heteroatoms. The van der Waals surface area contributed by atoms with Crippen LogP contribution >= 0.6 is 0 Å². The Balaban J connectivity index is 2.10. The van der Waals surface area contributed by atoms with Gasteiger partial charge in [-0.1, -0.05) is 25.8 Å². The number of methoxy groups -OCH3 is 1. The highest BCUT2D eigenvalue weighted by molar-refractivity contribution is 5.87. The van der Waals surface area contributed by atoms with Crippen LogP contribution in [-0.2, 0) is 14.3 Å². The summed E-state index contributed by atoms with van der Waals surface area (Å²) in [4.78, 5) is 24.0. The molecule has 2 rings (SSSR count). The Bertz CT molecular complexity index is 615. The summed E-state index contributed by atoms with van der Waals surface area (Å²) in [5.74, 6) is -2.45. The van der Waals surface area contributed by atoms with Gasteiger partial charge in [0.2, 0.25) is 5.91 Å². The predicted octanol–water partition coefficient (Wildman–Crippen LogP) is 2.81. The first-order valence-corrected chi connectivity index (χ1v) is 8.48. The van der Waals surface area contributed by atoms with Crippen molar-refractivity contribution in [1.29, 1.82) is 0 Å². The van der Waals surface area contributed by atoms with Gasteiger partial charge in [-0.25, -0.2) is 9.18 Å². The molecular formula is C18H24FNO5. The molecule has 0 radical (unpaired) electrons. The number of nitrogens with one attached hydrogen (secondary N) is 1. The second-order valence-corrected chi connectivity index (χ2v) is 6.11. The first-order chi connectivity index (χ1) is 12.0. The van der Waals surface area contributed by atoms with Gasteiger partial charge in [0.05, 0.1) is 13.2 Å². The number of carbonyl (C=O) groups is 2. The van der Waals surface area contributed by atoms with Crippen molar-refractivity contribution in [3.8, 4) is 5.75 Å². The number of ether oxygens (including phenoxy) is 2. The van der Waals surface area contributed by atoms with Crippen LogP contribution in [0.2, 0.25) is 0 Å². The van der Waals surface area contributed by atoms with Crippen LogP contribution in [-0.4, -0.2) is 36.3 Å². The number of amides is 1. The van der Waals surface area contributed by atoms with Crippen molar-refractivity contribution in [3.63, 3.8) is 0 Å². The highest BCUT2D eigenvalue weighted by Gasteiger charge is 2.29. The molecule has 1 aliphatic carbocycles. The topological polar surface area (TPSA) is 84.9 Å². The minimum atomic E-state index is -1.35. The van der Waals surface area contributed by atoms with Crippen molar-refractivity contribution in [2.24, 2.45) is 0 Å². The van der Waals surface area contributed by atoms with E-state index in [2.05, 4.69) is 5.32 Å². The number of hydrogen-bond donors (Lipinski definition) is 2. The molecular weight excluding hydrogens is 329 g/mol. The van der Waals surface area contributed by atoms with Crippen molar-refractivity contribution < 1.29 is 28.6 Å². The molecule has 2 unspecified atom stereocenters. The van der Waals surface area contributed by atoms with Gasteiger partial charge in [0, 0.05) is 0 Å². The lowest BCUT2D eigenvalue weighted by molar-refractivity contribution is -0.146. The van der Waals surface area contributed by atoms with E-state index in [0.717, 1.165) is 31.7 Å². The molecule has 25 heavy (non-hydrogen) atoms. The van der Waals surface area contributed by atoms with E-state index in [0.29, 0.717) is 6.42 Å². The smallest absolute Gasteiger partial charge is 0.330 e.